The van der Waals surface area contributed by atoms with Gasteiger partial charge in [-0.3, -0.25) is 19.4 Å². The lowest BCUT2D eigenvalue weighted by Crippen LogP contribution is -2.52. The second kappa shape index (κ2) is 9.33. The van der Waals surface area contributed by atoms with Gasteiger partial charge in [-0.25, -0.2) is 4.79 Å². The summed E-state index contributed by atoms with van der Waals surface area (Å²) >= 11 is 5.09. The van der Waals surface area contributed by atoms with Crippen molar-refractivity contribution in [1.82, 2.24) is 9.80 Å². The summed E-state index contributed by atoms with van der Waals surface area (Å²) in [7, 11) is 5.73. The zero-order valence-corrected chi connectivity index (χ0v) is 17.5. The second-order valence-electron chi connectivity index (χ2n) is 6.14. The lowest BCUT2D eigenvalue weighted by Gasteiger charge is -2.31. The number of hydrogen-bond donors (Lipinski definition) is 0. The van der Waals surface area contributed by atoms with Gasteiger partial charge in [-0.1, -0.05) is 6.08 Å². The van der Waals surface area contributed by atoms with Gasteiger partial charge in [0.15, 0.2) is 23.2 Å². The van der Waals surface area contributed by atoms with E-state index in [1.807, 2.05) is 0 Å². The summed E-state index contributed by atoms with van der Waals surface area (Å²) in [6.07, 6.45) is 3.54. The number of rotatable bonds is 7. The lowest BCUT2D eigenvalue weighted by molar-refractivity contribution is -0.143. The van der Waals surface area contributed by atoms with Crippen molar-refractivity contribution in [3.63, 3.8) is 0 Å². The van der Waals surface area contributed by atoms with E-state index in [-0.39, 0.29) is 17.3 Å². The summed E-state index contributed by atoms with van der Waals surface area (Å²) in [6, 6.07) is 3.34. The molecule has 2 rings (SSSR count). The molecule has 1 aromatic rings. The maximum atomic E-state index is 12.5. The number of ether oxygens (including phenoxy) is 3. The highest BCUT2D eigenvalue weighted by Crippen LogP contribution is 2.34. The fourth-order valence-corrected chi connectivity index (χ4v) is 2.89. The third kappa shape index (κ3) is 4.62. The van der Waals surface area contributed by atoms with E-state index in [1.165, 1.54) is 44.2 Å². The first-order valence-electron chi connectivity index (χ1n) is 8.58. The molecule has 1 heterocycles. The summed E-state index contributed by atoms with van der Waals surface area (Å²) in [4.78, 5) is 39.0. The summed E-state index contributed by atoms with van der Waals surface area (Å²) in [5.41, 5.74) is 1.19. The second-order valence-corrected chi connectivity index (χ2v) is 6.50. The number of carbonyl (C=O) groups excluding carboxylic acids is 3. The lowest BCUT2D eigenvalue weighted by atomic mass is 10.0. The van der Waals surface area contributed by atoms with Gasteiger partial charge < -0.3 is 14.2 Å². The summed E-state index contributed by atoms with van der Waals surface area (Å²) in [5, 5.41) is 0.133. The molecule has 0 N–H and O–H groups in total. The standard InChI is InChI=1S/C20H22N2O6S/c1-6-7-13-8-12(10-15(26-4)17(13)28-11-16(23)27-5)9-14-18(24)21(2)20(29)22(3)19(14)25/h6,8-10H,1,7,11H2,2-5H3. The Morgan fingerprint density at radius 1 is 1.17 bits per heavy atom. The Kier molecular flexibility index (Phi) is 7.11. The number of carbonyl (C=O) groups is 3. The minimum absolute atomic E-state index is 0.0292. The minimum Gasteiger partial charge on any atom is -0.493 e. The van der Waals surface area contributed by atoms with Crippen LogP contribution in [0.2, 0.25) is 0 Å². The molecule has 9 heteroatoms. The Hall–Kier alpha value is -3.20. The van der Waals surface area contributed by atoms with Crippen LogP contribution in [0.4, 0.5) is 0 Å². The van der Waals surface area contributed by atoms with Crippen LogP contribution in [0.1, 0.15) is 11.1 Å². The van der Waals surface area contributed by atoms with Crippen molar-refractivity contribution in [3.05, 3.63) is 41.5 Å². The summed E-state index contributed by atoms with van der Waals surface area (Å²) in [6.45, 7) is 3.43. The molecule has 0 unspecified atom stereocenters. The molecular formula is C20H22N2O6S. The summed E-state index contributed by atoms with van der Waals surface area (Å²) in [5.74, 6) is -0.824. The molecule has 29 heavy (non-hydrogen) atoms. The molecule has 0 bridgehead atoms. The van der Waals surface area contributed by atoms with Crippen molar-refractivity contribution >= 4 is 41.2 Å². The van der Waals surface area contributed by atoms with Crippen LogP contribution in [0.15, 0.2) is 30.4 Å². The third-order valence-corrected chi connectivity index (χ3v) is 4.80. The van der Waals surface area contributed by atoms with Crippen LogP contribution in [0.25, 0.3) is 6.08 Å². The monoisotopic (exact) mass is 418 g/mol. The maximum Gasteiger partial charge on any atom is 0.343 e. The van der Waals surface area contributed by atoms with Crippen LogP contribution in [0.3, 0.4) is 0 Å². The van der Waals surface area contributed by atoms with E-state index < -0.39 is 17.8 Å². The van der Waals surface area contributed by atoms with Crippen LogP contribution >= 0.6 is 12.2 Å². The third-order valence-electron chi connectivity index (χ3n) is 4.26. The number of thiocarbonyl (C=S) groups is 1. The molecule has 1 aliphatic heterocycles. The van der Waals surface area contributed by atoms with E-state index >= 15 is 0 Å². The van der Waals surface area contributed by atoms with Gasteiger partial charge in [-0.2, -0.15) is 0 Å². The SMILES string of the molecule is C=CCc1cc(C=C2C(=O)N(C)C(=S)N(C)C2=O)cc(OC)c1OCC(=O)OC. The predicted octanol–water partition coefficient (Wildman–Crippen LogP) is 1.57. The Labute approximate surface area is 174 Å². The largest absolute Gasteiger partial charge is 0.493 e. The fraction of sp³-hybridized carbons (Fsp3) is 0.300. The molecule has 1 aliphatic rings. The van der Waals surface area contributed by atoms with Gasteiger partial charge in [-0.05, 0) is 42.4 Å². The van der Waals surface area contributed by atoms with E-state index in [2.05, 4.69) is 11.3 Å². The molecule has 2 amide bonds. The van der Waals surface area contributed by atoms with Crippen LogP contribution in [-0.2, 0) is 25.5 Å². The van der Waals surface area contributed by atoms with Crippen molar-refractivity contribution in [2.75, 3.05) is 34.9 Å². The van der Waals surface area contributed by atoms with Gasteiger partial charge >= 0.3 is 5.97 Å². The molecule has 154 valence electrons. The average molecular weight is 418 g/mol. The molecule has 0 radical (unpaired) electrons. The molecule has 0 aromatic heterocycles. The molecule has 0 aliphatic carbocycles. The topological polar surface area (TPSA) is 85.4 Å². The van der Waals surface area contributed by atoms with Crippen molar-refractivity contribution in [3.8, 4) is 11.5 Å². The number of likely N-dealkylation sites (N-methyl/N-ethyl adjacent to an activating group) is 2. The van der Waals surface area contributed by atoms with E-state index in [0.717, 1.165) is 0 Å². The van der Waals surface area contributed by atoms with Gasteiger partial charge in [0.2, 0.25) is 0 Å². The van der Waals surface area contributed by atoms with Gasteiger partial charge in [0, 0.05) is 19.7 Å². The predicted molar refractivity (Wildman–Crippen MR) is 111 cm³/mol. The van der Waals surface area contributed by atoms with Crippen LogP contribution < -0.4 is 9.47 Å². The summed E-state index contributed by atoms with van der Waals surface area (Å²) < 4.78 is 15.5. The first-order valence-corrected chi connectivity index (χ1v) is 8.99. The highest BCUT2D eigenvalue weighted by atomic mass is 32.1. The number of methoxy groups -OCH3 is 2. The van der Waals surface area contributed by atoms with Crippen molar-refractivity contribution in [2.45, 2.75) is 6.42 Å². The number of amides is 2. The first-order chi connectivity index (χ1) is 13.7. The Bertz CT molecular complexity index is 882. The van der Waals surface area contributed by atoms with Gasteiger partial charge in [-0.15, -0.1) is 6.58 Å². The Balaban J connectivity index is 2.51. The van der Waals surface area contributed by atoms with Gasteiger partial charge in [0.05, 0.1) is 14.2 Å². The molecule has 1 aromatic carbocycles. The molecular weight excluding hydrogens is 396 g/mol. The van der Waals surface area contributed by atoms with Crippen LogP contribution in [-0.4, -0.2) is 67.6 Å². The van der Waals surface area contributed by atoms with E-state index in [0.29, 0.717) is 29.0 Å². The average Bonchev–Trinajstić information content (AvgIpc) is 2.72. The molecule has 1 fully saturated rings. The highest BCUT2D eigenvalue weighted by molar-refractivity contribution is 7.80. The van der Waals surface area contributed by atoms with E-state index in [4.69, 9.17) is 21.7 Å². The van der Waals surface area contributed by atoms with E-state index in [1.54, 1.807) is 18.2 Å². The van der Waals surface area contributed by atoms with Gasteiger partial charge in [0.1, 0.15) is 5.57 Å². The zero-order chi connectivity index (χ0) is 21.7. The van der Waals surface area contributed by atoms with Crippen LogP contribution in [0, 0.1) is 0 Å². The van der Waals surface area contributed by atoms with Crippen molar-refractivity contribution < 1.29 is 28.6 Å². The van der Waals surface area contributed by atoms with Crippen LogP contribution in [0.5, 0.6) is 11.5 Å². The number of nitrogens with zero attached hydrogens (tertiary/aromatic N) is 2. The molecule has 8 nitrogen and oxygen atoms in total. The van der Waals surface area contributed by atoms with Gasteiger partial charge in [0.25, 0.3) is 11.8 Å². The van der Waals surface area contributed by atoms with E-state index in [9.17, 15) is 14.4 Å². The normalized spacial score (nSPS) is 14.1. The number of allylic oxidation sites excluding steroid dienone is 1. The number of hydrogen-bond acceptors (Lipinski definition) is 7. The maximum absolute atomic E-state index is 12.5. The first kappa shape index (κ1) is 22.1. The molecule has 0 atom stereocenters. The molecule has 1 saturated heterocycles. The number of esters is 1. The number of benzene rings is 1. The molecule has 0 saturated carbocycles. The Morgan fingerprint density at radius 2 is 1.79 bits per heavy atom. The zero-order valence-electron chi connectivity index (χ0n) is 16.7. The fourth-order valence-electron chi connectivity index (χ4n) is 2.72. The quantitative estimate of drug-likeness (QED) is 0.218. The van der Waals surface area contributed by atoms with Crippen molar-refractivity contribution in [2.24, 2.45) is 0 Å². The Morgan fingerprint density at radius 3 is 2.31 bits per heavy atom. The minimum atomic E-state index is -0.539. The molecule has 0 spiro atoms. The smallest absolute Gasteiger partial charge is 0.343 e. The van der Waals surface area contributed by atoms with Crippen molar-refractivity contribution in [1.29, 1.82) is 0 Å². The highest BCUT2D eigenvalue weighted by Gasteiger charge is 2.35.